The number of carbonyl (C=O) groups excluding carboxylic acids is 1. The molecular weight excluding hydrogens is 272 g/mol. The Morgan fingerprint density at radius 1 is 1.29 bits per heavy atom. The van der Waals surface area contributed by atoms with Gasteiger partial charge in [0.2, 0.25) is 0 Å². The molecule has 21 heavy (non-hydrogen) atoms. The number of ether oxygens (including phenoxy) is 2. The van der Waals surface area contributed by atoms with Crippen LogP contribution in [0.2, 0.25) is 0 Å². The number of esters is 1. The van der Waals surface area contributed by atoms with E-state index in [2.05, 4.69) is 0 Å². The lowest BCUT2D eigenvalue weighted by Crippen LogP contribution is -2.48. The summed E-state index contributed by atoms with van der Waals surface area (Å²) in [5.41, 5.74) is 2.50. The second-order valence-electron chi connectivity index (χ2n) is 5.75. The van der Waals surface area contributed by atoms with Crippen LogP contribution in [0.3, 0.4) is 0 Å². The first kappa shape index (κ1) is 15.6. The maximum Gasteiger partial charge on any atom is 0.302 e. The van der Waals surface area contributed by atoms with Gasteiger partial charge >= 0.3 is 5.97 Å². The van der Waals surface area contributed by atoms with Gasteiger partial charge in [-0.25, -0.2) is 0 Å². The molecule has 1 aromatic rings. The van der Waals surface area contributed by atoms with E-state index in [9.17, 15) is 15.0 Å². The van der Waals surface area contributed by atoms with Crippen molar-refractivity contribution in [3.63, 3.8) is 0 Å². The average molecular weight is 294 g/mol. The van der Waals surface area contributed by atoms with Crippen LogP contribution in [0.15, 0.2) is 0 Å². The molecule has 0 amide bonds. The van der Waals surface area contributed by atoms with Crippen molar-refractivity contribution in [3.05, 3.63) is 22.3 Å². The third-order valence-electron chi connectivity index (χ3n) is 4.32. The number of phenols is 1. The van der Waals surface area contributed by atoms with E-state index in [0.29, 0.717) is 24.3 Å². The number of aliphatic hydroxyl groups is 1. The van der Waals surface area contributed by atoms with E-state index < -0.39 is 11.6 Å². The molecule has 0 bridgehead atoms. The summed E-state index contributed by atoms with van der Waals surface area (Å²) in [5, 5.41) is 19.8. The van der Waals surface area contributed by atoms with Gasteiger partial charge in [0.05, 0.1) is 6.61 Å². The Morgan fingerprint density at radius 3 is 2.52 bits per heavy atom. The maximum atomic E-state index is 11.0. The zero-order valence-electron chi connectivity index (χ0n) is 12.9. The zero-order valence-corrected chi connectivity index (χ0v) is 12.9. The van der Waals surface area contributed by atoms with E-state index in [4.69, 9.17) is 9.47 Å². The Hall–Kier alpha value is -1.75. The normalized spacial score (nSPS) is 20.6. The van der Waals surface area contributed by atoms with Gasteiger partial charge < -0.3 is 19.7 Å². The minimum absolute atomic E-state index is 0.0245. The molecule has 0 spiro atoms. The maximum absolute atomic E-state index is 11.0. The van der Waals surface area contributed by atoms with Gasteiger partial charge in [0.15, 0.2) is 5.60 Å². The van der Waals surface area contributed by atoms with Crippen LogP contribution >= 0.6 is 0 Å². The summed E-state index contributed by atoms with van der Waals surface area (Å²) >= 11 is 0. The first-order valence-electron chi connectivity index (χ1n) is 7.06. The third-order valence-corrected chi connectivity index (χ3v) is 4.32. The number of rotatable bonds is 3. The molecular formula is C16H22O5. The molecule has 2 N–H and O–H groups in total. The van der Waals surface area contributed by atoms with Crippen LogP contribution < -0.4 is 4.74 Å². The molecule has 0 aromatic heterocycles. The summed E-state index contributed by atoms with van der Waals surface area (Å²) in [4.78, 5) is 11.0. The highest BCUT2D eigenvalue weighted by Crippen LogP contribution is 2.43. The summed E-state index contributed by atoms with van der Waals surface area (Å²) in [5.74, 6) is 0.591. The van der Waals surface area contributed by atoms with Crippen molar-refractivity contribution in [2.24, 2.45) is 0 Å². The molecule has 0 saturated carbocycles. The minimum Gasteiger partial charge on any atom is -0.507 e. The summed E-state index contributed by atoms with van der Waals surface area (Å²) in [7, 11) is 0. The van der Waals surface area contributed by atoms with Crippen LogP contribution in [0.4, 0.5) is 0 Å². The fraction of sp³-hybridized carbons (Fsp3) is 0.562. The van der Waals surface area contributed by atoms with Gasteiger partial charge in [-0.15, -0.1) is 0 Å². The number of hydrogen-bond donors (Lipinski definition) is 2. The molecule has 0 aliphatic carbocycles. The van der Waals surface area contributed by atoms with Gasteiger partial charge in [-0.05, 0) is 50.3 Å². The van der Waals surface area contributed by atoms with E-state index in [1.807, 2.05) is 20.8 Å². The molecule has 1 aromatic carbocycles. The van der Waals surface area contributed by atoms with Crippen molar-refractivity contribution in [2.45, 2.75) is 46.1 Å². The first-order valence-corrected chi connectivity index (χ1v) is 7.06. The Labute approximate surface area is 124 Å². The zero-order chi connectivity index (χ0) is 15.8. The van der Waals surface area contributed by atoms with Crippen LogP contribution in [0, 0.1) is 20.8 Å². The summed E-state index contributed by atoms with van der Waals surface area (Å²) < 4.78 is 11.1. The largest absolute Gasteiger partial charge is 0.507 e. The van der Waals surface area contributed by atoms with Gasteiger partial charge in [-0.2, -0.15) is 0 Å². The Balaban J connectivity index is 2.41. The molecule has 0 saturated heterocycles. The van der Waals surface area contributed by atoms with E-state index in [1.165, 1.54) is 6.92 Å². The van der Waals surface area contributed by atoms with Gasteiger partial charge in [0.1, 0.15) is 18.1 Å². The molecule has 0 fully saturated rings. The molecule has 5 heteroatoms. The van der Waals surface area contributed by atoms with Crippen molar-refractivity contribution in [2.75, 3.05) is 13.2 Å². The lowest BCUT2D eigenvalue weighted by molar-refractivity contribution is -0.150. The van der Waals surface area contributed by atoms with Crippen molar-refractivity contribution in [3.8, 4) is 11.5 Å². The summed E-state index contributed by atoms with van der Waals surface area (Å²) in [6.07, 6.45) is 1.20. The third kappa shape index (κ3) is 2.70. The van der Waals surface area contributed by atoms with E-state index in [-0.39, 0.29) is 13.2 Å². The van der Waals surface area contributed by atoms with Crippen LogP contribution in [-0.2, 0) is 16.0 Å². The molecule has 1 heterocycles. The van der Waals surface area contributed by atoms with Crippen molar-refractivity contribution >= 4 is 5.97 Å². The fourth-order valence-electron chi connectivity index (χ4n) is 2.72. The summed E-state index contributed by atoms with van der Waals surface area (Å²) in [6.45, 7) is 6.71. The number of fused-ring (bicyclic) bond motifs is 1. The lowest BCUT2D eigenvalue weighted by atomic mass is 9.87. The van der Waals surface area contributed by atoms with Crippen LogP contribution in [-0.4, -0.2) is 35.0 Å². The Morgan fingerprint density at radius 2 is 1.95 bits per heavy atom. The van der Waals surface area contributed by atoms with E-state index in [0.717, 1.165) is 22.3 Å². The monoisotopic (exact) mass is 294 g/mol. The standard InChI is InChI=1S/C16H22O5/c1-9-10(2)15-13(11(3)14(9)19)5-6-16(7-17,21-15)8-20-12(4)18/h17,19H,5-8H2,1-4H3. The molecule has 1 aliphatic heterocycles. The smallest absolute Gasteiger partial charge is 0.302 e. The Bertz CT molecular complexity index is 579. The number of benzene rings is 1. The number of phenolic OH excluding ortho intramolecular Hbond substituents is 1. The number of carbonyl (C=O) groups is 1. The highest BCUT2D eigenvalue weighted by molar-refractivity contribution is 5.66. The van der Waals surface area contributed by atoms with Gasteiger partial charge in [-0.3, -0.25) is 4.79 Å². The molecule has 1 aliphatic rings. The van der Waals surface area contributed by atoms with Crippen LogP contribution in [0.1, 0.15) is 35.6 Å². The fourth-order valence-corrected chi connectivity index (χ4v) is 2.72. The Kier molecular flexibility index (Phi) is 4.14. The van der Waals surface area contributed by atoms with Crippen LogP contribution in [0.5, 0.6) is 11.5 Å². The quantitative estimate of drug-likeness (QED) is 0.833. The molecule has 5 nitrogen and oxygen atoms in total. The van der Waals surface area contributed by atoms with E-state index in [1.54, 1.807) is 0 Å². The molecule has 1 unspecified atom stereocenters. The van der Waals surface area contributed by atoms with Crippen molar-refractivity contribution < 1.29 is 24.5 Å². The van der Waals surface area contributed by atoms with Crippen molar-refractivity contribution in [1.82, 2.24) is 0 Å². The van der Waals surface area contributed by atoms with Gasteiger partial charge in [0, 0.05) is 12.5 Å². The average Bonchev–Trinajstić information content (AvgIpc) is 2.48. The second-order valence-corrected chi connectivity index (χ2v) is 5.75. The topological polar surface area (TPSA) is 76.0 Å². The van der Waals surface area contributed by atoms with Crippen molar-refractivity contribution in [1.29, 1.82) is 0 Å². The number of aliphatic hydroxyl groups excluding tert-OH is 1. The highest BCUT2D eigenvalue weighted by atomic mass is 16.6. The van der Waals surface area contributed by atoms with Gasteiger partial charge in [-0.1, -0.05) is 0 Å². The number of hydrogen-bond acceptors (Lipinski definition) is 5. The minimum atomic E-state index is -0.903. The molecule has 0 radical (unpaired) electrons. The second kappa shape index (κ2) is 5.56. The predicted octanol–water partition coefficient (Wildman–Crippen LogP) is 1.94. The predicted molar refractivity (Wildman–Crippen MR) is 77.7 cm³/mol. The molecule has 116 valence electrons. The lowest BCUT2D eigenvalue weighted by Gasteiger charge is -2.38. The van der Waals surface area contributed by atoms with Crippen LogP contribution in [0.25, 0.3) is 0 Å². The molecule has 2 rings (SSSR count). The first-order chi connectivity index (χ1) is 9.81. The number of aromatic hydroxyl groups is 1. The van der Waals surface area contributed by atoms with Gasteiger partial charge in [0.25, 0.3) is 0 Å². The summed E-state index contributed by atoms with van der Waals surface area (Å²) in [6, 6.07) is 0. The van der Waals surface area contributed by atoms with E-state index >= 15 is 0 Å². The highest BCUT2D eigenvalue weighted by Gasteiger charge is 2.39. The SMILES string of the molecule is CC(=O)OCC1(CO)CCc2c(C)c(O)c(C)c(C)c2O1. The molecule has 1 atom stereocenters.